The van der Waals surface area contributed by atoms with E-state index in [2.05, 4.69) is 34.0 Å². The second kappa shape index (κ2) is 9.05. The maximum absolute atomic E-state index is 7.03. The maximum Gasteiger partial charge on any atom is 0.187 e. The van der Waals surface area contributed by atoms with Gasteiger partial charge in [0.25, 0.3) is 0 Å². The molecule has 3 nitrogen and oxygen atoms in total. The Kier molecular flexibility index (Phi) is 6.01. The minimum absolute atomic E-state index is 0.434. The van der Waals surface area contributed by atoms with Crippen molar-refractivity contribution >= 4 is 5.69 Å². The first kappa shape index (κ1) is 20.6. The van der Waals surface area contributed by atoms with Crippen LogP contribution in [0.2, 0.25) is 0 Å². The largest absolute Gasteiger partial charge is 0.494 e. The van der Waals surface area contributed by atoms with E-state index in [1.165, 1.54) is 58.0 Å². The fourth-order valence-corrected chi connectivity index (χ4v) is 6.69. The van der Waals surface area contributed by atoms with E-state index in [0.717, 1.165) is 37.2 Å². The number of aryl methyl sites for hydroxylation is 1. The summed E-state index contributed by atoms with van der Waals surface area (Å²) in [5.41, 5.74) is 4.45. The maximum atomic E-state index is 7.03. The van der Waals surface area contributed by atoms with Crippen molar-refractivity contribution < 1.29 is 4.74 Å². The Morgan fingerprint density at radius 3 is 2.52 bits per heavy atom. The van der Waals surface area contributed by atoms with Crippen LogP contribution in [-0.2, 0) is 11.8 Å². The first-order valence-electron chi connectivity index (χ1n) is 12.2. The monoisotopic (exact) mass is 414 g/mol. The zero-order chi connectivity index (χ0) is 21.1. The summed E-state index contributed by atoms with van der Waals surface area (Å²) < 4.78 is 5.89. The van der Waals surface area contributed by atoms with Gasteiger partial charge in [-0.25, -0.2) is 4.85 Å². The summed E-state index contributed by atoms with van der Waals surface area (Å²) in [5.74, 6) is 2.58. The molecule has 0 aromatic heterocycles. The Hall–Kier alpha value is -2.31. The lowest BCUT2D eigenvalue weighted by molar-refractivity contribution is -0.00127. The van der Waals surface area contributed by atoms with Crippen LogP contribution in [0.5, 0.6) is 5.75 Å². The molecular formula is C28H34N2O. The van der Waals surface area contributed by atoms with E-state index in [9.17, 15) is 0 Å². The van der Waals surface area contributed by atoms with Crippen LogP contribution in [0.25, 0.3) is 4.85 Å². The summed E-state index contributed by atoms with van der Waals surface area (Å²) >= 11 is 0. The number of hydrogen-bond donors (Lipinski definition) is 0. The number of nitrogens with zero attached hydrogens (tertiary/aromatic N) is 2. The van der Waals surface area contributed by atoms with E-state index >= 15 is 0 Å². The Bertz CT molecular complexity index is 919. The van der Waals surface area contributed by atoms with Crippen molar-refractivity contribution in [1.82, 2.24) is 4.90 Å². The number of ether oxygens (including phenoxy) is 1. The van der Waals surface area contributed by atoms with Gasteiger partial charge >= 0.3 is 0 Å². The van der Waals surface area contributed by atoms with Gasteiger partial charge in [-0.15, -0.1) is 0 Å². The fraction of sp³-hybridized carbons (Fsp3) is 0.536. The van der Waals surface area contributed by atoms with Crippen molar-refractivity contribution in [2.24, 2.45) is 11.8 Å². The zero-order valence-electron chi connectivity index (χ0n) is 18.6. The van der Waals surface area contributed by atoms with Crippen LogP contribution in [0.1, 0.15) is 56.1 Å². The van der Waals surface area contributed by atoms with Crippen LogP contribution in [0.4, 0.5) is 5.69 Å². The van der Waals surface area contributed by atoms with Crippen molar-refractivity contribution in [1.29, 1.82) is 0 Å². The molecule has 1 aliphatic heterocycles. The summed E-state index contributed by atoms with van der Waals surface area (Å²) in [6, 6.07) is 16.9. The third-order valence-corrected chi connectivity index (χ3v) is 8.18. The highest BCUT2D eigenvalue weighted by Gasteiger charge is 2.52. The standard InChI is InChI=1S/C28H34N2O/c1-29-25-13-15-26(16-14-25)31-19-7-18-30-20-24(21-30)28(23-10-3-4-11-23)17-6-9-22-8-2-5-12-27(22)28/h2,5,8,12-16,23-24H,3-4,6-7,9-11,17-21H2. The molecule has 0 radical (unpaired) electrons. The summed E-state index contributed by atoms with van der Waals surface area (Å²) in [6.45, 7) is 11.4. The van der Waals surface area contributed by atoms with Crippen LogP contribution in [0, 0.1) is 18.4 Å². The minimum atomic E-state index is 0.434. The predicted molar refractivity (Wildman–Crippen MR) is 126 cm³/mol. The van der Waals surface area contributed by atoms with Crippen LogP contribution in [0.3, 0.4) is 0 Å². The van der Waals surface area contributed by atoms with Gasteiger partial charge in [0, 0.05) is 25.0 Å². The fourth-order valence-electron chi connectivity index (χ4n) is 6.69. The van der Waals surface area contributed by atoms with Gasteiger partial charge in [-0.3, -0.25) is 0 Å². The molecule has 0 bridgehead atoms. The van der Waals surface area contributed by atoms with Crippen LogP contribution in [-0.4, -0.2) is 31.1 Å². The lowest BCUT2D eigenvalue weighted by atomic mass is 9.54. The quantitative estimate of drug-likeness (QED) is 0.385. The van der Waals surface area contributed by atoms with E-state index in [-0.39, 0.29) is 0 Å². The average Bonchev–Trinajstić information content (AvgIpc) is 3.33. The molecule has 3 heteroatoms. The summed E-state index contributed by atoms with van der Waals surface area (Å²) in [7, 11) is 0. The molecule has 1 saturated carbocycles. The normalized spacial score (nSPS) is 24.4. The van der Waals surface area contributed by atoms with Crippen LogP contribution >= 0.6 is 0 Å². The van der Waals surface area contributed by atoms with E-state index in [1.807, 2.05) is 24.3 Å². The van der Waals surface area contributed by atoms with Gasteiger partial charge in [0.15, 0.2) is 5.69 Å². The van der Waals surface area contributed by atoms with Gasteiger partial charge in [-0.2, -0.15) is 0 Å². The first-order chi connectivity index (χ1) is 15.3. The van der Waals surface area contributed by atoms with Crippen molar-refractivity contribution in [3.8, 4) is 5.75 Å². The van der Waals surface area contributed by atoms with Gasteiger partial charge in [-0.05, 0) is 73.6 Å². The molecular weight excluding hydrogens is 380 g/mol. The topological polar surface area (TPSA) is 16.8 Å². The Balaban J connectivity index is 1.18. The molecule has 0 spiro atoms. The number of rotatable bonds is 7. The second-order valence-corrected chi connectivity index (χ2v) is 9.80. The van der Waals surface area contributed by atoms with Gasteiger partial charge in [-0.1, -0.05) is 49.2 Å². The Morgan fingerprint density at radius 2 is 1.74 bits per heavy atom. The third kappa shape index (κ3) is 3.99. The highest BCUT2D eigenvalue weighted by Crippen LogP contribution is 2.55. The lowest BCUT2D eigenvalue weighted by Crippen LogP contribution is -2.59. The highest BCUT2D eigenvalue weighted by atomic mass is 16.5. The highest BCUT2D eigenvalue weighted by molar-refractivity contribution is 5.47. The van der Waals surface area contributed by atoms with Crippen LogP contribution in [0.15, 0.2) is 48.5 Å². The van der Waals surface area contributed by atoms with E-state index < -0.39 is 0 Å². The van der Waals surface area contributed by atoms with Crippen molar-refractivity contribution in [2.45, 2.75) is 56.8 Å². The summed E-state index contributed by atoms with van der Waals surface area (Å²) in [6.07, 6.45) is 10.8. The van der Waals surface area contributed by atoms with Crippen molar-refractivity contribution in [2.75, 3.05) is 26.2 Å². The average molecular weight is 415 g/mol. The molecule has 0 N–H and O–H groups in total. The molecule has 1 heterocycles. The second-order valence-electron chi connectivity index (χ2n) is 9.80. The third-order valence-electron chi connectivity index (χ3n) is 8.18. The molecule has 1 atom stereocenters. The molecule has 1 unspecified atom stereocenters. The Morgan fingerprint density at radius 1 is 0.968 bits per heavy atom. The smallest absolute Gasteiger partial charge is 0.187 e. The van der Waals surface area contributed by atoms with Gasteiger partial charge in [0.2, 0.25) is 0 Å². The van der Waals surface area contributed by atoms with E-state index in [1.54, 1.807) is 11.1 Å². The number of benzene rings is 2. The SMILES string of the molecule is [C-]#[N+]c1ccc(OCCCN2CC(C3(C4CCCC4)CCCc4ccccc43)C2)cc1. The van der Waals surface area contributed by atoms with Gasteiger partial charge < -0.3 is 9.64 Å². The molecule has 0 amide bonds. The van der Waals surface area contributed by atoms with Crippen LogP contribution < -0.4 is 4.74 Å². The molecule has 1 saturated heterocycles. The molecule has 31 heavy (non-hydrogen) atoms. The summed E-state index contributed by atoms with van der Waals surface area (Å²) in [5, 5.41) is 0. The zero-order valence-corrected chi connectivity index (χ0v) is 18.6. The first-order valence-corrected chi connectivity index (χ1v) is 12.2. The predicted octanol–water partition coefficient (Wildman–Crippen LogP) is 6.40. The molecule has 5 rings (SSSR count). The van der Waals surface area contributed by atoms with Gasteiger partial charge in [0.05, 0.1) is 13.2 Å². The molecule has 2 aromatic carbocycles. The number of hydrogen-bond acceptors (Lipinski definition) is 2. The summed E-state index contributed by atoms with van der Waals surface area (Å²) in [4.78, 5) is 6.07. The molecule has 162 valence electrons. The van der Waals surface area contributed by atoms with E-state index in [4.69, 9.17) is 11.3 Å². The molecule has 2 fully saturated rings. The minimum Gasteiger partial charge on any atom is -0.494 e. The number of likely N-dealkylation sites (tertiary alicyclic amines) is 1. The number of fused-ring (bicyclic) bond motifs is 1. The van der Waals surface area contributed by atoms with Gasteiger partial charge in [0.1, 0.15) is 5.75 Å². The molecule has 2 aliphatic carbocycles. The lowest BCUT2D eigenvalue weighted by Gasteiger charge is -2.56. The Labute approximate surface area is 187 Å². The van der Waals surface area contributed by atoms with Crippen molar-refractivity contribution in [3.05, 3.63) is 71.1 Å². The molecule has 2 aromatic rings. The van der Waals surface area contributed by atoms with Crippen molar-refractivity contribution in [3.63, 3.8) is 0 Å². The van der Waals surface area contributed by atoms with E-state index in [0.29, 0.717) is 11.1 Å². The molecule has 3 aliphatic rings.